The van der Waals surface area contributed by atoms with Crippen LogP contribution < -0.4 is 15.0 Å². The molecular weight excluding hydrogens is 480 g/mol. The number of hydrogen-bond donors (Lipinski definition) is 1. The Balaban J connectivity index is 1.06. The zero-order chi connectivity index (χ0) is 26.5. The van der Waals surface area contributed by atoms with Gasteiger partial charge in [0.05, 0.1) is 11.3 Å². The smallest absolute Gasteiger partial charge is 0.329 e. The monoisotopic (exact) mass is 516 g/mol. The van der Waals surface area contributed by atoms with Crippen LogP contribution in [-0.2, 0) is 17.8 Å². The molecule has 0 bridgehead atoms. The van der Waals surface area contributed by atoms with E-state index >= 15 is 0 Å². The molecule has 0 aromatic heterocycles. The molecule has 4 amide bonds. The van der Waals surface area contributed by atoms with E-state index in [9.17, 15) is 14.4 Å². The number of nitrogens with one attached hydrogen (secondary N) is 1. The molecular formula is C30H36N4O4. The van der Waals surface area contributed by atoms with Gasteiger partial charge in [-0.2, -0.15) is 0 Å². The number of carbonyl (C=O) groups excluding carboxylic acids is 3. The van der Waals surface area contributed by atoms with Crippen molar-refractivity contribution >= 4 is 23.5 Å². The average Bonchev–Trinajstić information content (AvgIpc) is 3.42. The van der Waals surface area contributed by atoms with Crippen LogP contribution in [0.4, 0.5) is 10.5 Å². The maximum atomic E-state index is 13.5. The lowest BCUT2D eigenvalue weighted by molar-refractivity contribution is -0.117. The highest BCUT2D eigenvalue weighted by Crippen LogP contribution is 2.43. The van der Waals surface area contributed by atoms with E-state index in [0.29, 0.717) is 24.3 Å². The maximum absolute atomic E-state index is 13.5. The lowest BCUT2D eigenvalue weighted by Gasteiger charge is -2.47. The van der Waals surface area contributed by atoms with Gasteiger partial charge in [0.1, 0.15) is 17.9 Å². The quantitative estimate of drug-likeness (QED) is 0.622. The van der Waals surface area contributed by atoms with Crippen LogP contribution in [0.15, 0.2) is 42.5 Å². The summed E-state index contributed by atoms with van der Waals surface area (Å²) in [4.78, 5) is 43.2. The number of imide groups is 1. The molecule has 0 saturated carbocycles. The fourth-order valence-corrected chi connectivity index (χ4v) is 6.61. The minimum Gasteiger partial charge on any atom is -0.487 e. The molecule has 4 heterocycles. The Kier molecular flexibility index (Phi) is 6.17. The molecule has 4 aliphatic heterocycles. The maximum Gasteiger partial charge on any atom is 0.329 e. The molecule has 2 aromatic carbocycles. The van der Waals surface area contributed by atoms with E-state index in [4.69, 9.17) is 4.74 Å². The summed E-state index contributed by atoms with van der Waals surface area (Å²) in [5.74, 6) is 0.665. The number of nitrogens with zero attached hydrogens (tertiary/aromatic N) is 3. The molecule has 0 radical (unpaired) electrons. The number of para-hydroxylation sites is 2. The van der Waals surface area contributed by atoms with Crippen molar-refractivity contribution in [2.45, 2.75) is 58.1 Å². The number of hydrogen-bond acceptors (Lipinski definition) is 5. The summed E-state index contributed by atoms with van der Waals surface area (Å²) < 4.78 is 6.29. The van der Waals surface area contributed by atoms with E-state index in [1.54, 1.807) is 18.2 Å². The van der Waals surface area contributed by atoms with Crippen molar-refractivity contribution < 1.29 is 19.1 Å². The number of rotatable bonds is 4. The minimum absolute atomic E-state index is 0.0571. The van der Waals surface area contributed by atoms with Crippen LogP contribution in [0.5, 0.6) is 5.75 Å². The third-order valence-electron chi connectivity index (χ3n) is 8.81. The summed E-state index contributed by atoms with van der Waals surface area (Å²) in [5, 5.41) is 2.30. The molecule has 0 aliphatic carbocycles. The molecule has 38 heavy (non-hydrogen) atoms. The molecule has 2 aromatic rings. The highest BCUT2D eigenvalue weighted by molar-refractivity contribution is 6.14. The Morgan fingerprint density at radius 3 is 2.37 bits per heavy atom. The lowest BCUT2D eigenvalue weighted by atomic mass is 9.71. The highest BCUT2D eigenvalue weighted by atomic mass is 16.5. The Labute approximate surface area is 223 Å². The van der Waals surface area contributed by atoms with Gasteiger partial charge in [-0.15, -0.1) is 0 Å². The minimum atomic E-state index is -0.477. The van der Waals surface area contributed by atoms with Gasteiger partial charge < -0.3 is 9.64 Å². The number of benzene rings is 2. The number of urea groups is 1. The number of ether oxygens (including phenoxy) is 1. The van der Waals surface area contributed by atoms with Crippen molar-refractivity contribution in [3.05, 3.63) is 59.2 Å². The SMILES string of the molecule is CC1(C)Cc2cccc(CN3CCC4(CC3)CCN(C(=O)c3ccccc3N3CC(=O)NC3=O)CC4)c2O1. The summed E-state index contributed by atoms with van der Waals surface area (Å²) in [5.41, 5.74) is 3.73. The lowest BCUT2D eigenvalue weighted by Crippen LogP contribution is -2.48. The Bertz CT molecular complexity index is 1270. The van der Waals surface area contributed by atoms with E-state index in [1.165, 1.54) is 16.0 Å². The molecule has 1 spiro atoms. The second kappa shape index (κ2) is 9.42. The zero-order valence-electron chi connectivity index (χ0n) is 22.3. The predicted octanol–water partition coefficient (Wildman–Crippen LogP) is 3.97. The van der Waals surface area contributed by atoms with Crippen molar-refractivity contribution in [3.8, 4) is 5.75 Å². The van der Waals surface area contributed by atoms with Crippen molar-refractivity contribution in [1.29, 1.82) is 0 Å². The van der Waals surface area contributed by atoms with Crippen molar-refractivity contribution in [2.24, 2.45) is 5.41 Å². The molecule has 8 heteroatoms. The molecule has 4 aliphatic rings. The van der Waals surface area contributed by atoms with E-state index in [0.717, 1.165) is 57.5 Å². The largest absolute Gasteiger partial charge is 0.487 e. The van der Waals surface area contributed by atoms with Crippen molar-refractivity contribution in [1.82, 2.24) is 15.1 Å². The third kappa shape index (κ3) is 4.66. The Morgan fingerprint density at radius 2 is 1.66 bits per heavy atom. The van der Waals surface area contributed by atoms with Crippen LogP contribution in [0.1, 0.15) is 61.0 Å². The molecule has 6 rings (SSSR count). The average molecular weight is 517 g/mol. The normalized spacial score (nSPS) is 22.4. The molecule has 0 unspecified atom stereocenters. The fourth-order valence-electron chi connectivity index (χ4n) is 6.61. The second-order valence-electron chi connectivity index (χ2n) is 12.0. The number of amides is 4. The first kappa shape index (κ1) is 24.9. The molecule has 1 N–H and O–H groups in total. The third-order valence-corrected chi connectivity index (χ3v) is 8.81. The van der Waals surface area contributed by atoms with E-state index < -0.39 is 6.03 Å². The molecule has 3 fully saturated rings. The van der Waals surface area contributed by atoms with Crippen LogP contribution in [0.2, 0.25) is 0 Å². The summed E-state index contributed by atoms with van der Waals surface area (Å²) in [7, 11) is 0. The molecule has 3 saturated heterocycles. The summed E-state index contributed by atoms with van der Waals surface area (Å²) >= 11 is 0. The van der Waals surface area contributed by atoms with Gasteiger partial charge in [-0.25, -0.2) is 4.79 Å². The van der Waals surface area contributed by atoms with Gasteiger partial charge in [-0.1, -0.05) is 30.3 Å². The van der Waals surface area contributed by atoms with Crippen LogP contribution in [0.25, 0.3) is 0 Å². The Hall–Kier alpha value is -3.39. The second-order valence-corrected chi connectivity index (χ2v) is 12.0. The number of piperidine rings is 2. The number of carbonyl (C=O) groups is 3. The van der Waals surface area contributed by atoms with Gasteiger partial charge in [0.15, 0.2) is 0 Å². The number of likely N-dealkylation sites (tertiary alicyclic amines) is 2. The first-order valence-corrected chi connectivity index (χ1v) is 13.7. The zero-order valence-corrected chi connectivity index (χ0v) is 22.3. The summed E-state index contributed by atoms with van der Waals surface area (Å²) in [6.45, 7) is 8.72. The van der Waals surface area contributed by atoms with Gasteiger partial charge >= 0.3 is 6.03 Å². The highest BCUT2D eigenvalue weighted by Gasteiger charge is 2.40. The topological polar surface area (TPSA) is 82.2 Å². The molecule has 8 nitrogen and oxygen atoms in total. The van der Waals surface area contributed by atoms with Gasteiger partial charge in [-0.05, 0) is 75.7 Å². The van der Waals surface area contributed by atoms with Gasteiger partial charge in [-0.3, -0.25) is 24.7 Å². The Morgan fingerprint density at radius 1 is 0.947 bits per heavy atom. The van der Waals surface area contributed by atoms with Crippen LogP contribution in [-0.4, -0.2) is 66.0 Å². The summed E-state index contributed by atoms with van der Waals surface area (Å²) in [6, 6.07) is 13.2. The standard InChI is InChI=1S/C30H36N4O4/c1-29(2)18-21-6-5-7-22(26(21)38-29)19-32-14-10-30(11-15-32)12-16-33(17-13-30)27(36)23-8-3-4-9-24(23)34-20-25(35)31-28(34)37/h3-9H,10-20H2,1-2H3,(H,31,35,37). The fraction of sp³-hybridized carbons (Fsp3) is 0.500. The molecule has 0 atom stereocenters. The van der Waals surface area contributed by atoms with Gasteiger partial charge in [0, 0.05) is 31.6 Å². The summed E-state index contributed by atoms with van der Waals surface area (Å²) in [6.07, 6.45) is 5.24. The first-order chi connectivity index (χ1) is 18.2. The van der Waals surface area contributed by atoms with E-state index in [2.05, 4.69) is 42.3 Å². The van der Waals surface area contributed by atoms with E-state index in [-0.39, 0.29) is 29.4 Å². The first-order valence-electron chi connectivity index (χ1n) is 13.7. The number of anilines is 1. The van der Waals surface area contributed by atoms with Gasteiger partial charge in [0.25, 0.3) is 5.91 Å². The van der Waals surface area contributed by atoms with Crippen LogP contribution in [0, 0.1) is 5.41 Å². The number of fused-ring (bicyclic) bond motifs is 1. The van der Waals surface area contributed by atoms with E-state index in [1.807, 2.05) is 11.0 Å². The van der Waals surface area contributed by atoms with Crippen molar-refractivity contribution in [3.63, 3.8) is 0 Å². The van der Waals surface area contributed by atoms with Crippen LogP contribution in [0.3, 0.4) is 0 Å². The molecule has 200 valence electrons. The van der Waals surface area contributed by atoms with Crippen LogP contribution >= 0.6 is 0 Å². The van der Waals surface area contributed by atoms with Crippen molar-refractivity contribution in [2.75, 3.05) is 37.6 Å². The van der Waals surface area contributed by atoms with Gasteiger partial charge in [0.2, 0.25) is 5.91 Å². The predicted molar refractivity (Wildman–Crippen MR) is 144 cm³/mol.